The van der Waals surface area contributed by atoms with Crippen LogP contribution in [0.5, 0.6) is 0 Å². The van der Waals surface area contributed by atoms with Crippen molar-refractivity contribution in [3.8, 4) is 0 Å². The van der Waals surface area contributed by atoms with Gasteiger partial charge in [0.2, 0.25) is 11.5 Å². The highest BCUT2D eigenvalue weighted by atomic mass is 16.6. The number of hydrogen-bond donors (Lipinski definition) is 1. The molecule has 8 heteroatoms. The van der Waals surface area contributed by atoms with E-state index in [0.29, 0.717) is 5.65 Å². The predicted molar refractivity (Wildman–Crippen MR) is 94.6 cm³/mol. The molecule has 4 rings (SSSR count). The van der Waals surface area contributed by atoms with Gasteiger partial charge in [-0.3, -0.25) is 0 Å². The first-order valence-electron chi connectivity index (χ1n) is 8.03. The maximum Gasteiger partial charge on any atom is 0.372 e. The summed E-state index contributed by atoms with van der Waals surface area (Å²) in [5.41, 5.74) is 2.39. The van der Waals surface area contributed by atoms with Gasteiger partial charge in [-0.1, -0.05) is 6.07 Å². The molecule has 0 radical (unpaired) electrons. The molecule has 3 aromatic rings. The van der Waals surface area contributed by atoms with E-state index in [1.165, 1.54) is 4.40 Å². The van der Waals surface area contributed by atoms with E-state index in [1.54, 1.807) is 24.4 Å². The normalized spacial score (nSPS) is 14.6. The molecule has 0 unspecified atom stereocenters. The van der Waals surface area contributed by atoms with Gasteiger partial charge in [-0.15, -0.1) is 0 Å². The summed E-state index contributed by atoms with van der Waals surface area (Å²) in [4.78, 5) is 17.6. The molecular weight excluding hydrogens is 322 g/mol. The van der Waals surface area contributed by atoms with E-state index in [4.69, 9.17) is 4.74 Å². The number of fused-ring (bicyclic) bond motifs is 1. The SMILES string of the molecule is O=[N+]([O-])c1c(Nc2ccc(N3CCOCC3)cc2)nc2ccccn12. The molecule has 1 N–H and O–H groups in total. The molecule has 1 aliphatic rings. The van der Waals surface area contributed by atoms with Gasteiger partial charge in [0.1, 0.15) is 0 Å². The molecule has 0 atom stereocenters. The average molecular weight is 339 g/mol. The molecule has 0 spiro atoms. The van der Waals surface area contributed by atoms with E-state index in [-0.39, 0.29) is 11.6 Å². The fourth-order valence-corrected chi connectivity index (χ4v) is 2.96. The quantitative estimate of drug-likeness (QED) is 0.581. The predicted octanol–water partition coefficient (Wildman–Crippen LogP) is 2.82. The Labute approximate surface area is 143 Å². The number of anilines is 3. The van der Waals surface area contributed by atoms with Crippen LogP contribution in [0.25, 0.3) is 5.65 Å². The van der Waals surface area contributed by atoms with E-state index in [2.05, 4.69) is 15.2 Å². The van der Waals surface area contributed by atoms with E-state index >= 15 is 0 Å². The van der Waals surface area contributed by atoms with Crippen LogP contribution in [0.3, 0.4) is 0 Å². The number of morpholine rings is 1. The zero-order chi connectivity index (χ0) is 17.2. The first kappa shape index (κ1) is 15.4. The number of pyridine rings is 1. The molecule has 1 aliphatic heterocycles. The summed E-state index contributed by atoms with van der Waals surface area (Å²) < 4.78 is 6.82. The minimum Gasteiger partial charge on any atom is -0.378 e. The topological polar surface area (TPSA) is 84.9 Å². The number of nitrogens with one attached hydrogen (secondary N) is 1. The van der Waals surface area contributed by atoms with Crippen molar-refractivity contribution in [2.45, 2.75) is 0 Å². The van der Waals surface area contributed by atoms with Crippen LogP contribution < -0.4 is 10.2 Å². The highest BCUT2D eigenvalue weighted by molar-refractivity contribution is 5.69. The second-order valence-corrected chi connectivity index (χ2v) is 5.74. The zero-order valence-electron chi connectivity index (χ0n) is 13.5. The fraction of sp³-hybridized carbons (Fsp3) is 0.235. The van der Waals surface area contributed by atoms with E-state index in [0.717, 1.165) is 37.7 Å². The van der Waals surface area contributed by atoms with Crippen LogP contribution >= 0.6 is 0 Å². The van der Waals surface area contributed by atoms with Crippen LogP contribution in [0.4, 0.5) is 23.0 Å². The lowest BCUT2D eigenvalue weighted by Gasteiger charge is -2.28. The Morgan fingerprint density at radius 1 is 1.12 bits per heavy atom. The molecule has 0 bridgehead atoms. The van der Waals surface area contributed by atoms with Gasteiger partial charge >= 0.3 is 5.82 Å². The summed E-state index contributed by atoms with van der Waals surface area (Å²) >= 11 is 0. The fourth-order valence-electron chi connectivity index (χ4n) is 2.96. The monoisotopic (exact) mass is 339 g/mol. The second kappa shape index (κ2) is 6.40. The van der Waals surface area contributed by atoms with Gasteiger partial charge in [0.15, 0.2) is 0 Å². The lowest BCUT2D eigenvalue weighted by atomic mass is 10.2. The number of aromatic nitrogens is 2. The van der Waals surface area contributed by atoms with Crippen molar-refractivity contribution < 1.29 is 9.66 Å². The lowest BCUT2D eigenvalue weighted by Crippen LogP contribution is -2.36. The molecule has 0 amide bonds. The molecule has 25 heavy (non-hydrogen) atoms. The molecule has 128 valence electrons. The van der Waals surface area contributed by atoms with E-state index < -0.39 is 4.92 Å². The van der Waals surface area contributed by atoms with E-state index in [1.807, 2.05) is 24.3 Å². The molecule has 1 saturated heterocycles. The number of rotatable bonds is 4. The van der Waals surface area contributed by atoms with E-state index in [9.17, 15) is 10.1 Å². The van der Waals surface area contributed by atoms with Crippen molar-refractivity contribution in [2.24, 2.45) is 0 Å². The van der Waals surface area contributed by atoms with Gasteiger partial charge in [0.25, 0.3) is 0 Å². The Hall–Kier alpha value is -3.13. The lowest BCUT2D eigenvalue weighted by molar-refractivity contribution is -0.389. The Morgan fingerprint density at radius 2 is 1.88 bits per heavy atom. The Morgan fingerprint density at radius 3 is 2.60 bits per heavy atom. The largest absolute Gasteiger partial charge is 0.378 e. The summed E-state index contributed by atoms with van der Waals surface area (Å²) in [5.74, 6) is 0.156. The van der Waals surface area contributed by atoms with Crippen LogP contribution in [0, 0.1) is 10.1 Å². The summed E-state index contributed by atoms with van der Waals surface area (Å²) in [6.07, 6.45) is 1.63. The number of benzene rings is 1. The maximum absolute atomic E-state index is 11.4. The van der Waals surface area contributed by atoms with Crippen LogP contribution in [0.2, 0.25) is 0 Å². The molecule has 2 aromatic heterocycles. The summed E-state index contributed by atoms with van der Waals surface area (Å²) in [6.45, 7) is 3.19. The average Bonchev–Trinajstić information content (AvgIpc) is 3.01. The van der Waals surface area contributed by atoms with Crippen molar-refractivity contribution >= 4 is 28.7 Å². The Bertz CT molecular complexity index is 900. The molecule has 1 aromatic carbocycles. The van der Waals surface area contributed by atoms with Gasteiger partial charge in [-0.05, 0) is 35.3 Å². The van der Waals surface area contributed by atoms with Crippen molar-refractivity contribution in [3.63, 3.8) is 0 Å². The number of imidazole rings is 1. The molecule has 0 saturated carbocycles. The second-order valence-electron chi connectivity index (χ2n) is 5.74. The number of ether oxygens (including phenoxy) is 1. The molecule has 1 fully saturated rings. The number of nitrogens with zero attached hydrogens (tertiary/aromatic N) is 4. The first-order valence-corrected chi connectivity index (χ1v) is 8.03. The third-order valence-corrected chi connectivity index (χ3v) is 4.18. The zero-order valence-corrected chi connectivity index (χ0v) is 13.5. The van der Waals surface area contributed by atoms with Crippen LogP contribution in [0.1, 0.15) is 0 Å². The van der Waals surface area contributed by atoms with Crippen molar-refractivity contribution in [1.82, 2.24) is 9.38 Å². The van der Waals surface area contributed by atoms with Gasteiger partial charge in [0, 0.05) is 30.5 Å². The van der Waals surface area contributed by atoms with Gasteiger partial charge in [0.05, 0.1) is 19.4 Å². The molecular formula is C17H17N5O3. The van der Waals surface area contributed by atoms with Gasteiger partial charge < -0.3 is 25.1 Å². The van der Waals surface area contributed by atoms with Crippen molar-refractivity contribution in [3.05, 3.63) is 58.8 Å². The Kier molecular flexibility index (Phi) is 3.95. The highest BCUT2D eigenvalue weighted by Crippen LogP contribution is 2.29. The van der Waals surface area contributed by atoms with Crippen molar-refractivity contribution in [1.29, 1.82) is 0 Å². The standard InChI is InChI=1S/C17H17N5O3/c23-22(24)17-16(19-15-3-1-2-8-21(15)17)18-13-4-6-14(7-5-13)20-9-11-25-12-10-20/h1-8,18H,9-12H2. The van der Waals surface area contributed by atoms with Crippen LogP contribution in [-0.4, -0.2) is 40.6 Å². The number of hydrogen-bond acceptors (Lipinski definition) is 6. The minimum atomic E-state index is -0.426. The molecule has 8 nitrogen and oxygen atoms in total. The third kappa shape index (κ3) is 2.99. The van der Waals surface area contributed by atoms with Crippen LogP contribution in [0.15, 0.2) is 48.7 Å². The first-order chi connectivity index (χ1) is 12.2. The van der Waals surface area contributed by atoms with Crippen LogP contribution in [-0.2, 0) is 4.74 Å². The smallest absolute Gasteiger partial charge is 0.372 e. The summed E-state index contributed by atoms with van der Waals surface area (Å²) in [6, 6.07) is 13.1. The van der Waals surface area contributed by atoms with Crippen molar-refractivity contribution in [2.75, 3.05) is 36.5 Å². The summed E-state index contributed by atoms with van der Waals surface area (Å²) in [5, 5.41) is 14.5. The summed E-state index contributed by atoms with van der Waals surface area (Å²) in [7, 11) is 0. The van der Waals surface area contributed by atoms with Gasteiger partial charge in [-0.2, -0.15) is 9.38 Å². The number of nitro groups is 1. The minimum absolute atomic E-state index is 0.0761. The Balaban J connectivity index is 1.60. The maximum atomic E-state index is 11.4. The highest BCUT2D eigenvalue weighted by Gasteiger charge is 2.22. The third-order valence-electron chi connectivity index (χ3n) is 4.18. The molecule has 0 aliphatic carbocycles. The molecule has 3 heterocycles. The van der Waals surface area contributed by atoms with Gasteiger partial charge in [-0.25, -0.2) is 0 Å².